The van der Waals surface area contributed by atoms with Crippen molar-refractivity contribution in [2.75, 3.05) is 6.61 Å². The van der Waals surface area contributed by atoms with E-state index in [-0.39, 0.29) is 5.91 Å². The van der Waals surface area contributed by atoms with Crippen LogP contribution in [0.1, 0.15) is 22.8 Å². The highest BCUT2D eigenvalue weighted by Crippen LogP contribution is 2.24. The third-order valence-electron chi connectivity index (χ3n) is 3.79. The normalized spacial score (nSPS) is 10.4. The Morgan fingerprint density at radius 3 is 2.57 bits per heavy atom. The summed E-state index contributed by atoms with van der Waals surface area (Å²) in [6, 6.07) is 16.0. The second-order valence-electron chi connectivity index (χ2n) is 5.82. The van der Waals surface area contributed by atoms with Crippen LogP contribution in [0.5, 0.6) is 17.4 Å². The summed E-state index contributed by atoms with van der Waals surface area (Å²) < 4.78 is 12.0. The highest BCUT2D eigenvalue weighted by atomic mass is 79.9. The second-order valence-corrected chi connectivity index (χ2v) is 7.14. The van der Waals surface area contributed by atoms with Gasteiger partial charge in [-0.2, -0.15) is 0 Å². The minimum Gasteiger partial charge on any atom is -0.494 e. The van der Waals surface area contributed by atoms with E-state index in [9.17, 15) is 4.79 Å². The minimum atomic E-state index is -0.247. The zero-order valence-electron chi connectivity index (χ0n) is 15.1. The van der Waals surface area contributed by atoms with Gasteiger partial charge in [-0.3, -0.25) is 4.79 Å². The number of rotatable bonds is 7. The zero-order valence-corrected chi connectivity index (χ0v) is 17.5. The van der Waals surface area contributed by atoms with Crippen LogP contribution in [0.15, 0.2) is 65.3 Å². The zero-order chi connectivity index (χ0) is 19.9. The highest BCUT2D eigenvalue weighted by molar-refractivity contribution is 9.10. The molecule has 0 radical (unpaired) electrons. The number of benzene rings is 2. The van der Waals surface area contributed by atoms with Gasteiger partial charge < -0.3 is 14.8 Å². The van der Waals surface area contributed by atoms with Crippen LogP contribution in [-0.4, -0.2) is 17.5 Å². The number of carbonyl (C=O) groups is 1. The number of amides is 1. The fourth-order valence-corrected chi connectivity index (χ4v) is 3.22. The molecule has 5 nitrogen and oxygen atoms in total. The van der Waals surface area contributed by atoms with Crippen LogP contribution in [0, 0.1) is 0 Å². The number of carbonyl (C=O) groups excluding carboxylic acids is 1. The Morgan fingerprint density at radius 2 is 1.86 bits per heavy atom. The van der Waals surface area contributed by atoms with Gasteiger partial charge >= 0.3 is 0 Å². The Hall–Kier alpha value is -2.57. The first-order valence-corrected chi connectivity index (χ1v) is 9.81. The van der Waals surface area contributed by atoms with Crippen molar-refractivity contribution in [3.8, 4) is 17.4 Å². The molecule has 7 heteroatoms. The van der Waals surface area contributed by atoms with Crippen molar-refractivity contribution < 1.29 is 14.3 Å². The molecule has 0 spiro atoms. The molecule has 28 heavy (non-hydrogen) atoms. The number of pyridine rings is 1. The molecule has 1 heterocycles. The van der Waals surface area contributed by atoms with Crippen molar-refractivity contribution in [2.45, 2.75) is 13.5 Å². The summed E-state index contributed by atoms with van der Waals surface area (Å²) in [5.74, 6) is 1.63. The lowest BCUT2D eigenvalue weighted by Gasteiger charge is -2.09. The summed E-state index contributed by atoms with van der Waals surface area (Å²) >= 11 is 9.45. The molecule has 0 saturated heterocycles. The third-order valence-corrected chi connectivity index (χ3v) is 4.59. The first kappa shape index (κ1) is 20.2. The summed E-state index contributed by atoms with van der Waals surface area (Å²) in [6.45, 7) is 2.87. The van der Waals surface area contributed by atoms with Crippen LogP contribution < -0.4 is 14.8 Å². The molecule has 1 amide bonds. The Morgan fingerprint density at radius 1 is 1.11 bits per heavy atom. The maximum absolute atomic E-state index is 12.3. The lowest BCUT2D eigenvalue weighted by molar-refractivity contribution is 0.0951. The Balaban J connectivity index is 1.62. The largest absolute Gasteiger partial charge is 0.494 e. The second kappa shape index (κ2) is 9.57. The Bertz CT molecular complexity index is 964. The van der Waals surface area contributed by atoms with Gasteiger partial charge in [-0.1, -0.05) is 27.5 Å². The van der Waals surface area contributed by atoms with E-state index in [1.165, 1.54) is 0 Å². The molecule has 3 aromatic rings. The molecule has 0 fully saturated rings. The van der Waals surface area contributed by atoms with Crippen LogP contribution in [0.25, 0.3) is 0 Å². The molecular weight excluding hydrogens is 444 g/mol. The number of nitrogens with zero attached hydrogens (tertiary/aromatic N) is 1. The van der Waals surface area contributed by atoms with Gasteiger partial charge in [-0.15, -0.1) is 0 Å². The molecule has 0 aliphatic carbocycles. The van der Waals surface area contributed by atoms with Crippen LogP contribution in [0.3, 0.4) is 0 Å². The molecule has 0 atom stereocenters. The summed E-state index contributed by atoms with van der Waals surface area (Å²) in [6.07, 6.45) is 1.64. The van der Waals surface area contributed by atoms with Gasteiger partial charge in [0, 0.05) is 23.3 Å². The first-order valence-electron chi connectivity index (χ1n) is 8.64. The fourth-order valence-electron chi connectivity index (χ4n) is 2.46. The van der Waals surface area contributed by atoms with Gasteiger partial charge in [0.25, 0.3) is 5.91 Å². The van der Waals surface area contributed by atoms with E-state index in [0.717, 1.165) is 15.8 Å². The highest BCUT2D eigenvalue weighted by Gasteiger charge is 2.10. The van der Waals surface area contributed by atoms with Gasteiger partial charge in [-0.05, 0) is 61.0 Å². The average molecular weight is 462 g/mol. The molecular formula is C21H18BrClN2O3. The van der Waals surface area contributed by atoms with E-state index in [0.29, 0.717) is 35.4 Å². The monoisotopic (exact) mass is 460 g/mol. The lowest BCUT2D eigenvalue weighted by Crippen LogP contribution is -2.23. The summed E-state index contributed by atoms with van der Waals surface area (Å²) in [5.41, 5.74) is 1.28. The number of hydrogen-bond acceptors (Lipinski definition) is 4. The van der Waals surface area contributed by atoms with Crippen molar-refractivity contribution in [3.05, 3.63) is 81.4 Å². The van der Waals surface area contributed by atoms with Gasteiger partial charge in [0.1, 0.15) is 11.5 Å². The van der Waals surface area contributed by atoms with Crippen molar-refractivity contribution in [3.63, 3.8) is 0 Å². The molecule has 0 aliphatic rings. The number of ether oxygens (including phenoxy) is 2. The predicted molar refractivity (Wildman–Crippen MR) is 112 cm³/mol. The molecule has 3 rings (SSSR count). The van der Waals surface area contributed by atoms with Crippen LogP contribution >= 0.6 is 27.5 Å². The molecule has 0 saturated carbocycles. The number of aromatic nitrogens is 1. The average Bonchev–Trinajstić information content (AvgIpc) is 2.68. The third kappa shape index (κ3) is 5.47. The predicted octanol–water partition coefficient (Wildman–Crippen LogP) is 5.62. The number of nitrogens with one attached hydrogen (secondary N) is 1. The van der Waals surface area contributed by atoms with E-state index >= 15 is 0 Å². The summed E-state index contributed by atoms with van der Waals surface area (Å²) in [7, 11) is 0. The molecule has 0 bridgehead atoms. The maximum atomic E-state index is 12.3. The molecule has 2 aromatic carbocycles. The van der Waals surface area contributed by atoms with Crippen molar-refractivity contribution >= 4 is 33.4 Å². The summed E-state index contributed by atoms with van der Waals surface area (Å²) in [5, 5.41) is 3.24. The SMILES string of the molecule is CCOc1ccc(Oc2cc(CNC(=O)c3ccc(Br)cc3Cl)ccn2)cc1. The van der Waals surface area contributed by atoms with E-state index in [2.05, 4.69) is 26.2 Å². The van der Waals surface area contributed by atoms with Crippen LogP contribution in [0.4, 0.5) is 0 Å². The van der Waals surface area contributed by atoms with Gasteiger partial charge in [0.05, 0.1) is 17.2 Å². The molecule has 1 N–H and O–H groups in total. The molecule has 0 unspecified atom stereocenters. The smallest absolute Gasteiger partial charge is 0.253 e. The van der Waals surface area contributed by atoms with E-state index in [4.69, 9.17) is 21.1 Å². The molecule has 144 valence electrons. The van der Waals surface area contributed by atoms with Crippen LogP contribution in [0.2, 0.25) is 5.02 Å². The van der Waals surface area contributed by atoms with Gasteiger partial charge in [0.2, 0.25) is 5.88 Å². The quantitative estimate of drug-likeness (QED) is 0.496. The Labute approximate surface area is 176 Å². The first-order chi connectivity index (χ1) is 13.5. The van der Waals surface area contributed by atoms with Crippen LogP contribution in [-0.2, 0) is 6.54 Å². The molecule has 0 aliphatic heterocycles. The Kier molecular flexibility index (Phi) is 6.90. The minimum absolute atomic E-state index is 0.247. The number of hydrogen-bond donors (Lipinski definition) is 1. The van der Waals surface area contributed by atoms with E-state index in [1.807, 2.05) is 37.3 Å². The summed E-state index contributed by atoms with van der Waals surface area (Å²) in [4.78, 5) is 16.6. The standard InChI is InChI=1S/C21H18BrClN2O3/c1-2-27-16-4-6-17(7-5-16)28-20-11-14(9-10-24-20)13-25-21(26)18-8-3-15(22)12-19(18)23/h3-12H,2,13H2,1H3,(H,25,26). The van der Waals surface area contributed by atoms with E-state index < -0.39 is 0 Å². The van der Waals surface area contributed by atoms with E-state index in [1.54, 1.807) is 30.5 Å². The number of halogens is 2. The maximum Gasteiger partial charge on any atom is 0.253 e. The van der Waals surface area contributed by atoms with Gasteiger partial charge in [-0.25, -0.2) is 4.98 Å². The van der Waals surface area contributed by atoms with Crippen molar-refractivity contribution in [1.82, 2.24) is 10.3 Å². The van der Waals surface area contributed by atoms with Gasteiger partial charge in [0.15, 0.2) is 0 Å². The fraction of sp³-hybridized carbons (Fsp3) is 0.143. The van der Waals surface area contributed by atoms with Crippen molar-refractivity contribution in [2.24, 2.45) is 0 Å². The van der Waals surface area contributed by atoms with Crippen molar-refractivity contribution in [1.29, 1.82) is 0 Å². The molecule has 1 aromatic heterocycles. The topological polar surface area (TPSA) is 60.5 Å². The lowest BCUT2D eigenvalue weighted by atomic mass is 10.2.